The van der Waals surface area contributed by atoms with Gasteiger partial charge in [-0.25, -0.2) is 4.98 Å². The van der Waals surface area contributed by atoms with Gasteiger partial charge in [0.1, 0.15) is 5.52 Å². The van der Waals surface area contributed by atoms with Gasteiger partial charge in [0.05, 0.1) is 38.1 Å². The molecule has 0 spiro atoms. The van der Waals surface area contributed by atoms with Crippen LogP contribution in [0.15, 0.2) is 78.9 Å². The van der Waals surface area contributed by atoms with E-state index in [1.165, 1.54) is 21.3 Å². The van der Waals surface area contributed by atoms with Crippen LogP contribution in [-0.2, 0) is 0 Å². The number of carbonyl (C=O) groups excluding carboxylic acids is 3. The predicted molar refractivity (Wildman–Crippen MR) is 157 cm³/mol. The number of amides is 1. The number of nitrogens with one attached hydrogen (secondary N) is 2. The summed E-state index contributed by atoms with van der Waals surface area (Å²) in [7, 11) is 4.55. The lowest BCUT2D eigenvalue weighted by Gasteiger charge is -2.17. The Labute approximate surface area is 240 Å². The van der Waals surface area contributed by atoms with Gasteiger partial charge in [-0.15, -0.1) is 0 Å². The summed E-state index contributed by atoms with van der Waals surface area (Å²) in [5.74, 6) is 0.680. The van der Waals surface area contributed by atoms with Crippen molar-refractivity contribution < 1.29 is 28.6 Å². The average Bonchev–Trinajstić information content (AvgIpc) is 3.47. The molecule has 1 aromatic heterocycles. The molecule has 6 rings (SSSR count). The molecule has 42 heavy (non-hydrogen) atoms. The lowest BCUT2D eigenvalue weighted by molar-refractivity contribution is 0.0972. The zero-order valence-electron chi connectivity index (χ0n) is 23.0. The van der Waals surface area contributed by atoms with Crippen LogP contribution in [0.3, 0.4) is 0 Å². The molecule has 2 N–H and O–H groups in total. The zero-order valence-corrected chi connectivity index (χ0v) is 23.0. The summed E-state index contributed by atoms with van der Waals surface area (Å²) in [5.41, 5.74) is 3.45. The maximum absolute atomic E-state index is 13.6. The second-order valence-corrected chi connectivity index (χ2v) is 9.51. The number of imidazole rings is 1. The van der Waals surface area contributed by atoms with Crippen LogP contribution in [-0.4, -0.2) is 48.8 Å². The van der Waals surface area contributed by atoms with Crippen LogP contribution in [0.2, 0.25) is 0 Å². The molecule has 9 nitrogen and oxygen atoms in total. The molecule has 1 aliphatic carbocycles. The number of ether oxygens (including phenoxy) is 3. The number of hydrogen-bond acceptors (Lipinski definition) is 7. The van der Waals surface area contributed by atoms with Crippen LogP contribution in [0, 0.1) is 0 Å². The van der Waals surface area contributed by atoms with Crippen LogP contribution in [0.5, 0.6) is 17.2 Å². The summed E-state index contributed by atoms with van der Waals surface area (Å²) in [6.07, 6.45) is 1.71. The number of H-pyrrole nitrogens is 1. The van der Waals surface area contributed by atoms with Crippen LogP contribution in [0.4, 0.5) is 0 Å². The van der Waals surface area contributed by atoms with E-state index in [9.17, 15) is 14.4 Å². The lowest BCUT2D eigenvalue weighted by atomic mass is 9.83. The van der Waals surface area contributed by atoms with Gasteiger partial charge in [0.2, 0.25) is 5.75 Å². The van der Waals surface area contributed by atoms with Gasteiger partial charge in [-0.3, -0.25) is 14.4 Å². The topological polar surface area (TPSA) is 120 Å². The fourth-order valence-corrected chi connectivity index (χ4v) is 5.08. The van der Waals surface area contributed by atoms with Crippen molar-refractivity contribution in [3.63, 3.8) is 0 Å². The van der Waals surface area contributed by atoms with Crippen LogP contribution < -0.4 is 19.5 Å². The summed E-state index contributed by atoms with van der Waals surface area (Å²) in [6.45, 7) is 0. The van der Waals surface area contributed by atoms with Crippen molar-refractivity contribution in [1.82, 2.24) is 15.3 Å². The molecule has 0 saturated heterocycles. The van der Waals surface area contributed by atoms with E-state index in [4.69, 9.17) is 19.2 Å². The molecule has 1 amide bonds. The number of nitrogens with zero attached hydrogens (tertiary/aromatic N) is 1. The minimum atomic E-state index is -0.364. The third-order valence-electron chi connectivity index (χ3n) is 7.08. The van der Waals surface area contributed by atoms with Crippen molar-refractivity contribution in [3.05, 3.63) is 118 Å². The molecule has 4 aromatic carbocycles. The van der Waals surface area contributed by atoms with Gasteiger partial charge >= 0.3 is 0 Å². The van der Waals surface area contributed by atoms with E-state index in [1.54, 1.807) is 78.9 Å². The Morgan fingerprint density at radius 2 is 1.43 bits per heavy atom. The molecule has 5 aromatic rings. The predicted octanol–water partition coefficient (Wildman–Crippen LogP) is 5.29. The average molecular weight is 560 g/mol. The molecule has 0 aliphatic heterocycles. The minimum Gasteiger partial charge on any atom is -0.493 e. The third kappa shape index (κ3) is 4.46. The van der Waals surface area contributed by atoms with Crippen LogP contribution >= 0.6 is 0 Å². The van der Waals surface area contributed by atoms with E-state index < -0.39 is 0 Å². The maximum Gasteiger partial charge on any atom is 0.255 e. The third-order valence-corrected chi connectivity index (χ3v) is 7.08. The van der Waals surface area contributed by atoms with Gasteiger partial charge < -0.3 is 24.5 Å². The molecule has 0 radical (unpaired) electrons. The number of hydrogen-bond donors (Lipinski definition) is 2. The van der Waals surface area contributed by atoms with Gasteiger partial charge in [0, 0.05) is 22.3 Å². The van der Waals surface area contributed by atoms with Gasteiger partial charge in [-0.1, -0.05) is 42.5 Å². The summed E-state index contributed by atoms with van der Waals surface area (Å²) < 4.78 is 16.5. The smallest absolute Gasteiger partial charge is 0.255 e. The number of benzene rings is 4. The van der Waals surface area contributed by atoms with E-state index >= 15 is 0 Å². The molecule has 9 heteroatoms. The molecule has 1 heterocycles. The fourth-order valence-electron chi connectivity index (χ4n) is 5.08. The second-order valence-electron chi connectivity index (χ2n) is 9.51. The normalized spacial score (nSPS) is 12.5. The lowest BCUT2D eigenvalue weighted by Crippen LogP contribution is -2.22. The molecular weight excluding hydrogens is 534 g/mol. The first-order valence-electron chi connectivity index (χ1n) is 13.0. The van der Waals surface area contributed by atoms with Crippen LogP contribution in [0.25, 0.3) is 22.8 Å². The summed E-state index contributed by atoms with van der Waals surface area (Å²) in [5, 5.41) is 2.94. The van der Waals surface area contributed by atoms with Crippen molar-refractivity contribution in [2.45, 2.75) is 0 Å². The summed E-state index contributed by atoms with van der Waals surface area (Å²) in [4.78, 5) is 48.1. The maximum atomic E-state index is 13.6. The van der Waals surface area contributed by atoms with Gasteiger partial charge in [-0.2, -0.15) is 0 Å². The first kappa shape index (κ1) is 26.5. The molecule has 0 atom stereocenters. The summed E-state index contributed by atoms with van der Waals surface area (Å²) in [6, 6.07) is 22.3. The van der Waals surface area contributed by atoms with E-state index in [0.29, 0.717) is 56.2 Å². The standard InChI is InChI=1S/C33H25N3O6/c1-40-25-16-18(17-26(41-2)31(25)42-3)15-24(35-33(39)19-9-5-4-6-10-19)32-34-23-14-13-22-27(28(23)36-32)30(38)21-12-8-7-11-20(21)29(22)37/h4-17H,1-3H3,(H,34,36)(H,35,39)/b24-15-. The summed E-state index contributed by atoms with van der Waals surface area (Å²) >= 11 is 0. The number of carbonyl (C=O) groups is 3. The molecule has 0 bridgehead atoms. The Morgan fingerprint density at radius 1 is 0.786 bits per heavy atom. The molecule has 1 aliphatic rings. The van der Waals surface area contributed by atoms with Crippen molar-refractivity contribution in [2.24, 2.45) is 0 Å². The van der Waals surface area contributed by atoms with Crippen molar-refractivity contribution in [1.29, 1.82) is 0 Å². The monoisotopic (exact) mass is 559 g/mol. The molecule has 0 fully saturated rings. The largest absolute Gasteiger partial charge is 0.493 e. The number of aromatic amines is 1. The Hall–Kier alpha value is -5.70. The molecular formula is C33H25N3O6. The Balaban J connectivity index is 1.51. The first-order valence-corrected chi connectivity index (χ1v) is 13.0. The molecule has 0 saturated carbocycles. The Bertz CT molecular complexity index is 1900. The van der Waals surface area contributed by atoms with Crippen molar-refractivity contribution >= 4 is 40.3 Å². The quantitative estimate of drug-likeness (QED) is 0.273. The van der Waals surface area contributed by atoms with E-state index in [2.05, 4.69) is 10.3 Å². The molecule has 208 valence electrons. The van der Waals surface area contributed by atoms with Crippen molar-refractivity contribution in [2.75, 3.05) is 21.3 Å². The number of ketones is 2. The van der Waals surface area contributed by atoms with Crippen molar-refractivity contribution in [3.8, 4) is 17.2 Å². The van der Waals surface area contributed by atoms with Gasteiger partial charge in [-0.05, 0) is 48.0 Å². The Kier molecular flexibility index (Phi) is 6.76. The van der Waals surface area contributed by atoms with Crippen LogP contribution in [0.1, 0.15) is 53.6 Å². The highest BCUT2D eigenvalue weighted by Crippen LogP contribution is 2.39. The second kappa shape index (κ2) is 10.7. The van der Waals surface area contributed by atoms with E-state index in [0.717, 1.165) is 0 Å². The SMILES string of the molecule is COc1cc(/C=C(\NC(=O)c2ccccc2)c2nc3c4c(ccc3[nH]2)C(=O)c2ccccc2C4=O)cc(OC)c1OC. The first-order chi connectivity index (χ1) is 20.4. The van der Waals surface area contributed by atoms with Gasteiger partial charge in [0.25, 0.3) is 5.91 Å². The minimum absolute atomic E-state index is 0.222. The number of rotatable bonds is 7. The van der Waals surface area contributed by atoms with E-state index in [-0.39, 0.29) is 34.4 Å². The highest BCUT2D eigenvalue weighted by atomic mass is 16.5. The highest BCUT2D eigenvalue weighted by molar-refractivity contribution is 6.31. The number of methoxy groups -OCH3 is 3. The fraction of sp³-hybridized carbons (Fsp3) is 0.0909. The number of aromatic nitrogens is 2. The highest BCUT2D eigenvalue weighted by Gasteiger charge is 2.32. The Morgan fingerprint density at radius 3 is 2.07 bits per heavy atom. The van der Waals surface area contributed by atoms with E-state index in [1.807, 2.05) is 6.07 Å². The molecule has 0 unspecified atom stereocenters. The van der Waals surface area contributed by atoms with Gasteiger partial charge in [0.15, 0.2) is 28.9 Å². The number of fused-ring (bicyclic) bond motifs is 4. The zero-order chi connectivity index (χ0) is 29.4.